The normalized spacial score (nSPS) is 18.7. The number of carbonyl (C=O) groups is 2. The number of nitrogens with two attached hydrogens (primary N) is 1. The highest BCUT2D eigenvalue weighted by molar-refractivity contribution is 5.89. The number of amides is 1. The fourth-order valence-corrected chi connectivity index (χ4v) is 5.58. The summed E-state index contributed by atoms with van der Waals surface area (Å²) in [6.07, 6.45) is 1.18. The van der Waals surface area contributed by atoms with Gasteiger partial charge in [0.25, 0.3) is 5.56 Å². The topological polar surface area (TPSA) is 152 Å². The van der Waals surface area contributed by atoms with Gasteiger partial charge in [0.2, 0.25) is 5.91 Å². The lowest BCUT2D eigenvalue weighted by Gasteiger charge is -2.31. The maximum absolute atomic E-state index is 13.6. The number of nitrogens with one attached hydrogen (secondary N) is 1. The van der Waals surface area contributed by atoms with Gasteiger partial charge in [0.05, 0.1) is 35.4 Å². The fraction of sp³-hybridized carbons (Fsp3) is 0.370. The van der Waals surface area contributed by atoms with E-state index in [2.05, 4.69) is 0 Å². The minimum Gasteiger partial charge on any atom is -0.458 e. The molecule has 4 heterocycles. The summed E-state index contributed by atoms with van der Waals surface area (Å²) in [5.74, 6) is -1.43. The molecule has 10 heteroatoms. The Morgan fingerprint density at radius 2 is 2.05 bits per heavy atom. The zero-order chi connectivity index (χ0) is 26.6. The van der Waals surface area contributed by atoms with Gasteiger partial charge >= 0.3 is 5.97 Å². The van der Waals surface area contributed by atoms with E-state index in [-0.39, 0.29) is 48.7 Å². The van der Waals surface area contributed by atoms with Crippen LogP contribution in [0.4, 0.5) is 0 Å². The number of fused-ring (bicyclic) bond motifs is 5. The van der Waals surface area contributed by atoms with Gasteiger partial charge in [0, 0.05) is 23.1 Å². The molecule has 0 bridgehead atoms. The first kappa shape index (κ1) is 24.6. The number of hydrogen-bond acceptors (Lipinski definition) is 7. The Morgan fingerprint density at radius 3 is 2.70 bits per heavy atom. The molecule has 4 N–H and O–H groups in total. The van der Waals surface area contributed by atoms with E-state index < -0.39 is 23.5 Å². The minimum atomic E-state index is -1.91. The molecule has 1 amide bonds. The number of benzene rings is 1. The fourth-order valence-electron chi connectivity index (χ4n) is 5.58. The number of carbonyl (C=O) groups excluding carboxylic acids is 2. The second-order valence-electron chi connectivity index (χ2n) is 9.93. The van der Waals surface area contributed by atoms with Crippen molar-refractivity contribution in [2.24, 2.45) is 11.7 Å². The molecular formula is C27H29N5O5. The Morgan fingerprint density at radius 1 is 1.32 bits per heavy atom. The standard InChI is InChI=1S/C27H29N5O5/c1-4-27(36)19-9-21-22-17(11-32(21)25(34)18(19)12-37-26(27)35)16(15-7-5-6-8-20(15)30-22)10-31(13-28)23(14(2)3)24(29)33/h5-9,13-14,23,28,36H,4,10-12H2,1-3H3,(H2,29,33)/t23-,27-/m0/s1. The van der Waals surface area contributed by atoms with E-state index in [1.165, 1.54) is 0 Å². The summed E-state index contributed by atoms with van der Waals surface area (Å²) in [6.45, 7) is 5.64. The van der Waals surface area contributed by atoms with E-state index in [1.807, 2.05) is 38.1 Å². The van der Waals surface area contributed by atoms with Crippen molar-refractivity contribution in [1.29, 1.82) is 5.41 Å². The van der Waals surface area contributed by atoms with E-state index in [4.69, 9.17) is 20.9 Å². The number of cyclic esters (lactones) is 1. The van der Waals surface area contributed by atoms with Gasteiger partial charge in [-0.1, -0.05) is 39.0 Å². The number of nitrogens with zero attached hydrogens (tertiary/aromatic N) is 3. The molecule has 2 atom stereocenters. The number of esters is 1. The molecule has 0 unspecified atom stereocenters. The van der Waals surface area contributed by atoms with Gasteiger partial charge in [0.15, 0.2) is 5.60 Å². The van der Waals surface area contributed by atoms with E-state index >= 15 is 0 Å². The van der Waals surface area contributed by atoms with Crippen LogP contribution in [0.2, 0.25) is 0 Å². The molecule has 0 spiro atoms. The van der Waals surface area contributed by atoms with Gasteiger partial charge in [-0.2, -0.15) is 0 Å². The summed E-state index contributed by atoms with van der Waals surface area (Å²) in [5, 5.41) is 20.0. The third kappa shape index (κ3) is 3.62. The van der Waals surface area contributed by atoms with Crippen molar-refractivity contribution in [1.82, 2.24) is 14.5 Å². The molecule has 0 saturated heterocycles. The van der Waals surface area contributed by atoms with Crippen molar-refractivity contribution in [3.05, 3.63) is 62.9 Å². The Kier molecular flexibility index (Phi) is 5.86. The summed E-state index contributed by atoms with van der Waals surface area (Å²) in [4.78, 5) is 44.8. The number of ether oxygens (including phenoxy) is 1. The van der Waals surface area contributed by atoms with Crippen LogP contribution in [0.5, 0.6) is 0 Å². The second kappa shape index (κ2) is 8.81. The van der Waals surface area contributed by atoms with Crippen LogP contribution < -0.4 is 11.3 Å². The van der Waals surface area contributed by atoms with Crippen molar-refractivity contribution in [2.75, 3.05) is 0 Å². The van der Waals surface area contributed by atoms with Crippen LogP contribution in [-0.4, -0.2) is 43.8 Å². The summed E-state index contributed by atoms with van der Waals surface area (Å²) < 4.78 is 6.74. The highest BCUT2D eigenvalue weighted by Crippen LogP contribution is 2.40. The van der Waals surface area contributed by atoms with Gasteiger partial charge in [-0.15, -0.1) is 0 Å². The first-order valence-corrected chi connectivity index (χ1v) is 12.3. The van der Waals surface area contributed by atoms with E-state index in [9.17, 15) is 19.5 Å². The first-order valence-electron chi connectivity index (χ1n) is 12.3. The van der Waals surface area contributed by atoms with Crippen LogP contribution in [0.25, 0.3) is 22.3 Å². The lowest BCUT2D eigenvalue weighted by Crippen LogP contribution is -2.47. The molecule has 3 aromatic rings. The van der Waals surface area contributed by atoms with Crippen molar-refractivity contribution >= 4 is 29.1 Å². The predicted octanol–water partition coefficient (Wildman–Crippen LogP) is 2.00. The average molecular weight is 504 g/mol. The van der Waals surface area contributed by atoms with Crippen molar-refractivity contribution in [3.8, 4) is 11.4 Å². The molecule has 0 aliphatic carbocycles. The number of aromatic nitrogens is 2. The molecular weight excluding hydrogens is 474 g/mol. The summed E-state index contributed by atoms with van der Waals surface area (Å²) in [6, 6.07) is 8.52. The lowest BCUT2D eigenvalue weighted by atomic mass is 9.86. The van der Waals surface area contributed by atoms with Gasteiger partial charge < -0.3 is 25.0 Å². The van der Waals surface area contributed by atoms with E-state index in [0.29, 0.717) is 16.9 Å². The van der Waals surface area contributed by atoms with Crippen LogP contribution in [0.3, 0.4) is 0 Å². The van der Waals surface area contributed by atoms with Crippen molar-refractivity contribution in [2.45, 2.75) is 58.5 Å². The second-order valence-corrected chi connectivity index (χ2v) is 9.93. The highest BCUT2D eigenvalue weighted by atomic mass is 16.6. The third-order valence-corrected chi connectivity index (χ3v) is 7.50. The van der Waals surface area contributed by atoms with Crippen molar-refractivity contribution < 1.29 is 19.4 Å². The molecule has 192 valence electrons. The average Bonchev–Trinajstić information content (AvgIpc) is 3.24. The number of hydrogen-bond donors (Lipinski definition) is 3. The molecule has 10 nitrogen and oxygen atoms in total. The van der Waals surface area contributed by atoms with Crippen LogP contribution in [0.15, 0.2) is 35.1 Å². The van der Waals surface area contributed by atoms with E-state index in [1.54, 1.807) is 22.5 Å². The van der Waals surface area contributed by atoms with Gasteiger partial charge in [-0.05, 0) is 30.0 Å². The summed E-state index contributed by atoms with van der Waals surface area (Å²) in [7, 11) is 0. The first-order chi connectivity index (χ1) is 17.6. The molecule has 2 aliphatic heterocycles. The van der Waals surface area contributed by atoms with E-state index in [0.717, 1.165) is 22.9 Å². The number of aliphatic hydroxyl groups is 1. The zero-order valence-electron chi connectivity index (χ0n) is 20.9. The highest BCUT2D eigenvalue weighted by Gasteiger charge is 2.45. The number of pyridine rings is 2. The molecule has 1 aromatic carbocycles. The van der Waals surface area contributed by atoms with Gasteiger partial charge in [-0.25, -0.2) is 9.78 Å². The quantitative estimate of drug-likeness (QED) is 0.198. The predicted molar refractivity (Wildman–Crippen MR) is 137 cm³/mol. The smallest absolute Gasteiger partial charge is 0.343 e. The largest absolute Gasteiger partial charge is 0.458 e. The molecule has 5 rings (SSSR count). The monoisotopic (exact) mass is 503 g/mol. The molecule has 2 aliphatic rings. The maximum atomic E-state index is 13.6. The molecule has 37 heavy (non-hydrogen) atoms. The van der Waals surface area contributed by atoms with Crippen LogP contribution in [0, 0.1) is 11.3 Å². The third-order valence-electron chi connectivity index (χ3n) is 7.50. The van der Waals surface area contributed by atoms with Crippen LogP contribution in [-0.2, 0) is 39.6 Å². The number of para-hydroxylation sites is 1. The Balaban J connectivity index is 1.74. The minimum absolute atomic E-state index is 0.0585. The molecule has 2 aromatic heterocycles. The molecule has 0 fully saturated rings. The van der Waals surface area contributed by atoms with Crippen LogP contribution in [0.1, 0.15) is 49.4 Å². The number of rotatable bonds is 7. The summed E-state index contributed by atoms with van der Waals surface area (Å²) >= 11 is 0. The molecule has 0 radical (unpaired) electrons. The summed E-state index contributed by atoms with van der Waals surface area (Å²) in [5.41, 5.74) is 7.31. The Bertz CT molecular complexity index is 1530. The maximum Gasteiger partial charge on any atom is 0.343 e. The Hall–Kier alpha value is -4.05. The lowest BCUT2D eigenvalue weighted by molar-refractivity contribution is -0.172. The van der Waals surface area contributed by atoms with Gasteiger partial charge in [0.1, 0.15) is 12.6 Å². The zero-order valence-corrected chi connectivity index (χ0v) is 20.9. The molecule has 0 saturated carbocycles. The van der Waals surface area contributed by atoms with Crippen LogP contribution >= 0.6 is 0 Å². The van der Waals surface area contributed by atoms with Crippen molar-refractivity contribution in [3.63, 3.8) is 0 Å². The SMILES string of the molecule is CC[C@@]1(O)C(=O)OCc2c1cc1n(c2=O)Cc2c-1nc1ccccc1c2CN(C=N)[C@H](C(N)=O)C(C)C. The number of primary amides is 1. The van der Waals surface area contributed by atoms with Gasteiger partial charge in [-0.3, -0.25) is 15.0 Å². The Labute approximate surface area is 213 Å².